The van der Waals surface area contributed by atoms with Crippen LogP contribution in [0.25, 0.3) is 11.0 Å². The predicted octanol–water partition coefficient (Wildman–Crippen LogP) is 1.51. The molecule has 0 unspecified atom stereocenters. The molecule has 1 aromatic carbocycles. The first-order chi connectivity index (χ1) is 12.3. The minimum absolute atomic E-state index is 0.0250. The lowest BCUT2D eigenvalue weighted by molar-refractivity contribution is -0.135. The number of benzene rings is 1. The first kappa shape index (κ1) is 18.6. The quantitative estimate of drug-likeness (QED) is 0.755. The number of aromatic hydroxyl groups is 1. The van der Waals surface area contributed by atoms with Crippen LogP contribution in [0.3, 0.4) is 0 Å². The molecule has 3 atom stereocenters. The van der Waals surface area contributed by atoms with Gasteiger partial charge >= 0.3 is 0 Å². The summed E-state index contributed by atoms with van der Waals surface area (Å²) in [6, 6.07) is 2.77. The number of carbonyl (C=O) groups is 1. The summed E-state index contributed by atoms with van der Waals surface area (Å²) in [4.78, 5) is 24.0. The standard InChI is InChI=1S/C19H22O7/c1-9-5-13(23)18(15-4-3-12(22)16(8-20)26-15)19-17(9)14(24)7-11(25-19)6-10(2)21/h5,7,12,15-16,20,22-23H,3-4,6,8H2,1-2H3/t12-,15-,16+/m0/s1. The van der Waals surface area contributed by atoms with Crippen molar-refractivity contribution in [2.75, 3.05) is 6.61 Å². The molecule has 3 N–H and O–H groups in total. The smallest absolute Gasteiger partial charge is 0.193 e. The lowest BCUT2D eigenvalue weighted by atomic mass is 9.93. The van der Waals surface area contributed by atoms with Gasteiger partial charge in [0.05, 0.1) is 36.2 Å². The normalized spacial score (nSPS) is 23.3. The van der Waals surface area contributed by atoms with Gasteiger partial charge in [0.2, 0.25) is 0 Å². The number of ether oxygens (including phenoxy) is 1. The van der Waals surface area contributed by atoms with Gasteiger partial charge in [-0.1, -0.05) is 0 Å². The molecule has 1 aromatic heterocycles. The SMILES string of the molecule is CC(=O)Cc1cc(=O)c2c(C)cc(O)c([C@@H]3CC[C@H](O)[C@@H](CO)O3)c2o1. The molecule has 1 saturated heterocycles. The van der Waals surface area contributed by atoms with Crippen molar-refractivity contribution in [1.82, 2.24) is 0 Å². The largest absolute Gasteiger partial charge is 0.507 e. The van der Waals surface area contributed by atoms with Crippen LogP contribution >= 0.6 is 0 Å². The summed E-state index contributed by atoms with van der Waals surface area (Å²) in [6.45, 7) is 2.73. The van der Waals surface area contributed by atoms with E-state index in [0.29, 0.717) is 29.4 Å². The summed E-state index contributed by atoms with van der Waals surface area (Å²) >= 11 is 0. The number of fused-ring (bicyclic) bond motifs is 1. The third-order valence-corrected chi connectivity index (χ3v) is 4.68. The molecule has 0 spiro atoms. The molecule has 26 heavy (non-hydrogen) atoms. The van der Waals surface area contributed by atoms with Crippen LogP contribution in [0, 0.1) is 6.92 Å². The van der Waals surface area contributed by atoms with E-state index in [0.717, 1.165) is 0 Å². The second-order valence-corrected chi connectivity index (χ2v) is 6.78. The van der Waals surface area contributed by atoms with Crippen LogP contribution in [0.2, 0.25) is 0 Å². The number of hydrogen-bond donors (Lipinski definition) is 3. The molecule has 1 aliphatic heterocycles. The third kappa shape index (κ3) is 3.38. The zero-order valence-electron chi connectivity index (χ0n) is 14.7. The van der Waals surface area contributed by atoms with Gasteiger partial charge in [-0.05, 0) is 38.3 Å². The second-order valence-electron chi connectivity index (χ2n) is 6.78. The number of ketones is 1. The number of Topliss-reactive ketones (excluding diaryl/α,β-unsaturated/α-hetero) is 1. The fourth-order valence-corrected chi connectivity index (χ4v) is 3.47. The highest BCUT2D eigenvalue weighted by molar-refractivity contribution is 5.86. The van der Waals surface area contributed by atoms with Gasteiger partial charge in [0.15, 0.2) is 5.43 Å². The Hall–Kier alpha value is -2.22. The highest BCUT2D eigenvalue weighted by Gasteiger charge is 2.33. The lowest BCUT2D eigenvalue weighted by Gasteiger charge is -2.33. The number of phenolic OH excluding ortho intramolecular Hbond substituents is 1. The average Bonchev–Trinajstić information content (AvgIpc) is 2.54. The van der Waals surface area contributed by atoms with Crippen LogP contribution in [-0.2, 0) is 16.0 Å². The van der Waals surface area contributed by atoms with E-state index in [-0.39, 0.29) is 41.3 Å². The van der Waals surface area contributed by atoms with Crippen LogP contribution in [0.15, 0.2) is 21.3 Å². The minimum atomic E-state index is -0.796. The molecule has 3 rings (SSSR count). The topological polar surface area (TPSA) is 117 Å². The summed E-state index contributed by atoms with van der Waals surface area (Å²) in [5.41, 5.74) is 0.748. The van der Waals surface area contributed by atoms with Crippen LogP contribution in [0.1, 0.15) is 42.8 Å². The summed E-state index contributed by atoms with van der Waals surface area (Å²) in [7, 11) is 0. The van der Waals surface area contributed by atoms with E-state index in [1.807, 2.05) is 0 Å². The molecule has 0 saturated carbocycles. The Morgan fingerprint density at radius 1 is 1.31 bits per heavy atom. The Balaban J connectivity index is 2.19. The van der Waals surface area contributed by atoms with Crippen LogP contribution in [0.4, 0.5) is 0 Å². The molecular formula is C19H22O7. The molecule has 1 fully saturated rings. The number of aryl methyl sites for hydroxylation is 1. The Kier molecular flexibility index (Phi) is 5.13. The van der Waals surface area contributed by atoms with E-state index in [1.54, 1.807) is 6.92 Å². The van der Waals surface area contributed by atoms with Crippen molar-refractivity contribution in [3.63, 3.8) is 0 Å². The lowest BCUT2D eigenvalue weighted by Crippen LogP contribution is -2.38. The van der Waals surface area contributed by atoms with Crippen molar-refractivity contribution in [3.05, 3.63) is 39.2 Å². The Morgan fingerprint density at radius 2 is 2.04 bits per heavy atom. The molecule has 1 aliphatic rings. The van der Waals surface area contributed by atoms with Crippen LogP contribution in [-0.4, -0.2) is 39.9 Å². The molecule has 0 aliphatic carbocycles. The predicted molar refractivity (Wildman–Crippen MR) is 93.2 cm³/mol. The molecule has 0 amide bonds. The Bertz CT molecular complexity index is 899. The number of phenols is 1. The number of hydrogen-bond acceptors (Lipinski definition) is 7. The van der Waals surface area contributed by atoms with Crippen molar-refractivity contribution in [1.29, 1.82) is 0 Å². The minimum Gasteiger partial charge on any atom is -0.507 e. The van der Waals surface area contributed by atoms with Gasteiger partial charge in [-0.3, -0.25) is 9.59 Å². The highest BCUT2D eigenvalue weighted by atomic mass is 16.5. The maximum absolute atomic E-state index is 12.5. The maximum atomic E-state index is 12.5. The van der Waals surface area contributed by atoms with Crippen LogP contribution in [0.5, 0.6) is 5.75 Å². The summed E-state index contributed by atoms with van der Waals surface area (Å²) in [6.07, 6.45) is -1.48. The number of carbonyl (C=O) groups excluding carboxylic acids is 1. The fourth-order valence-electron chi connectivity index (χ4n) is 3.47. The number of aliphatic hydroxyl groups is 2. The van der Waals surface area contributed by atoms with E-state index < -0.39 is 18.3 Å². The Morgan fingerprint density at radius 3 is 2.69 bits per heavy atom. The van der Waals surface area contributed by atoms with Gasteiger partial charge in [0, 0.05) is 6.07 Å². The number of aliphatic hydroxyl groups excluding tert-OH is 2. The molecule has 2 aromatic rings. The van der Waals surface area contributed by atoms with Crippen molar-refractivity contribution < 1.29 is 29.3 Å². The fraction of sp³-hybridized carbons (Fsp3) is 0.474. The summed E-state index contributed by atoms with van der Waals surface area (Å²) in [5, 5.41) is 30.1. The monoisotopic (exact) mass is 362 g/mol. The van der Waals surface area contributed by atoms with Gasteiger partial charge in [-0.2, -0.15) is 0 Å². The Labute approximate surface area is 149 Å². The van der Waals surface area contributed by atoms with Crippen molar-refractivity contribution in [2.24, 2.45) is 0 Å². The van der Waals surface area contributed by atoms with E-state index >= 15 is 0 Å². The van der Waals surface area contributed by atoms with Gasteiger partial charge in [-0.15, -0.1) is 0 Å². The first-order valence-corrected chi connectivity index (χ1v) is 8.54. The van der Waals surface area contributed by atoms with Crippen LogP contribution < -0.4 is 5.43 Å². The molecule has 7 heteroatoms. The maximum Gasteiger partial charge on any atom is 0.193 e. The molecule has 0 bridgehead atoms. The third-order valence-electron chi connectivity index (χ3n) is 4.68. The summed E-state index contributed by atoms with van der Waals surface area (Å²) < 4.78 is 11.5. The van der Waals surface area contributed by atoms with Crippen molar-refractivity contribution in [3.8, 4) is 5.75 Å². The molecule has 0 radical (unpaired) electrons. The molecule has 140 valence electrons. The zero-order valence-corrected chi connectivity index (χ0v) is 14.7. The zero-order chi connectivity index (χ0) is 19.0. The second kappa shape index (κ2) is 7.19. The average molecular weight is 362 g/mol. The molecule has 2 heterocycles. The van der Waals surface area contributed by atoms with E-state index in [1.165, 1.54) is 19.1 Å². The van der Waals surface area contributed by atoms with Gasteiger partial charge in [0.25, 0.3) is 0 Å². The van der Waals surface area contributed by atoms with E-state index in [4.69, 9.17) is 9.15 Å². The van der Waals surface area contributed by atoms with Gasteiger partial charge in [-0.25, -0.2) is 0 Å². The van der Waals surface area contributed by atoms with E-state index in [9.17, 15) is 24.9 Å². The van der Waals surface area contributed by atoms with Crippen molar-refractivity contribution >= 4 is 16.8 Å². The van der Waals surface area contributed by atoms with E-state index in [2.05, 4.69) is 0 Å². The number of rotatable bonds is 4. The summed E-state index contributed by atoms with van der Waals surface area (Å²) in [5.74, 6) is -0.0182. The highest BCUT2D eigenvalue weighted by Crippen LogP contribution is 2.40. The first-order valence-electron chi connectivity index (χ1n) is 8.54. The van der Waals surface area contributed by atoms with Gasteiger partial charge < -0.3 is 24.5 Å². The van der Waals surface area contributed by atoms with Crippen molar-refractivity contribution in [2.45, 2.75) is 51.4 Å². The molecule has 7 nitrogen and oxygen atoms in total. The molecular weight excluding hydrogens is 340 g/mol. The van der Waals surface area contributed by atoms with Gasteiger partial charge in [0.1, 0.15) is 29.0 Å².